The van der Waals surface area contributed by atoms with Crippen LogP contribution in [0.3, 0.4) is 0 Å². The van der Waals surface area contributed by atoms with Crippen molar-refractivity contribution >= 4 is 0 Å². The molecule has 0 atom stereocenters. The number of aromatic nitrogens is 3. The Kier molecular flexibility index (Phi) is 3.96. The molecule has 2 aromatic heterocycles. The Morgan fingerprint density at radius 3 is 2.05 bits per heavy atom. The number of hydrogen-bond donors (Lipinski definition) is 0. The van der Waals surface area contributed by atoms with E-state index in [0.29, 0.717) is 0 Å². The molecule has 0 aliphatic rings. The minimum atomic E-state index is 0.762. The van der Waals surface area contributed by atoms with Gasteiger partial charge in [-0.1, -0.05) is 24.3 Å². The summed E-state index contributed by atoms with van der Waals surface area (Å²) < 4.78 is 0. The molecule has 3 rings (SSSR count). The summed E-state index contributed by atoms with van der Waals surface area (Å²) in [5.41, 5.74) is 6.69. The van der Waals surface area contributed by atoms with E-state index in [0.717, 1.165) is 29.3 Å². The van der Waals surface area contributed by atoms with Crippen molar-refractivity contribution < 1.29 is 0 Å². The Morgan fingerprint density at radius 1 is 0.727 bits per heavy atom. The fraction of sp³-hybridized carbons (Fsp3) is 0.211. The summed E-state index contributed by atoms with van der Waals surface area (Å²) in [5.74, 6) is 0.880. The average Bonchev–Trinajstić information content (AvgIpc) is 2.47. The van der Waals surface area contributed by atoms with Gasteiger partial charge in [0.1, 0.15) is 5.82 Å². The van der Waals surface area contributed by atoms with E-state index in [1.54, 1.807) is 0 Å². The number of aryl methyl sites for hydroxylation is 3. The SMILES string of the molecule is Cc1cc(-c2ccc(Cc3nc(C)cc(C)n3)cc2)ccn1. The molecule has 0 saturated carbocycles. The first-order chi connectivity index (χ1) is 10.6. The van der Waals surface area contributed by atoms with Crippen molar-refractivity contribution in [3.8, 4) is 11.1 Å². The van der Waals surface area contributed by atoms with Gasteiger partial charge in [0.05, 0.1) is 0 Å². The maximum atomic E-state index is 4.50. The number of rotatable bonds is 3. The van der Waals surface area contributed by atoms with Crippen LogP contribution in [0.15, 0.2) is 48.7 Å². The number of hydrogen-bond acceptors (Lipinski definition) is 3. The van der Waals surface area contributed by atoms with Gasteiger partial charge in [-0.15, -0.1) is 0 Å². The monoisotopic (exact) mass is 289 g/mol. The van der Waals surface area contributed by atoms with E-state index in [2.05, 4.69) is 45.3 Å². The van der Waals surface area contributed by atoms with Gasteiger partial charge >= 0.3 is 0 Å². The lowest BCUT2D eigenvalue weighted by atomic mass is 10.0. The molecule has 0 aliphatic carbocycles. The van der Waals surface area contributed by atoms with Gasteiger partial charge in [0.15, 0.2) is 0 Å². The summed E-state index contributed by atoms with van der Waals surface area (Å²) in [7, 11) is 0. The molecule has 22 heavy (non-hydrogen) atoms. The predicted octanol–water partition coefficient (Wildman–Crippen LogP) is 4.05. The van der Waals surface area contributed by atoms with Gasteiger partial charge in [-0.25, -0.2) is 9.97 Å². The minimum Gasteiger partial charge on any atom is -0.262 e. The van der Waals surface area contributed by atoms with E-state index in [1.807, 2.05) is 39.1 Å². The molecule has 0 amide bonds. The van der Waals surface area contributed by atoms with Crippen molar-refractivity contribution in [2.45, 2.75) is 27.2 Å². The summed E-state index contributed by atoms with van der Waals surface area (Å²) >= 11 is 0. The van der Waals surface area contributed by atoms with E-state index in [-0.39, 0.29) is 0 Å². The van der Waals surface area contributed by atoms with Crippen molar-refractivity contribution in [3.63, 3.8) is 0 Å². The van der Waals surface area contributed by atoms with Crippen LogP contribution in [0.4, 0.5) is 0 Å². The first-order valence-electron chi connectivity index (χ1n) is 7.43. The fourth-order valence-corrected chi connectivity index (χ4v) is 2.60. The van der Waals surface area contributed by atoms with Crippen molar-refractivity contribution in [1.29, 1.82) is 0 Å². The van der Waals surface area contributed by atoms with Gasteiger partial charge in [-0.05, 0) is 55.7 Å². The Morgan fingerprint density at radius 2 is 1.41 bits per heavy atom. The van der Waals surface area contributed by atoms with E-state index in [9.17, 15) is 0 Å². The quantitative estimate of drug-likeness (QED) is 0.730. The van der Waals surface area contributed by atoms with E-state index < -0.39 is 0 Å². The van der Waals surface area contributed by atoms with Crippen molar-refractivity contribution in [1.82, 2.24) is 15.0 Å². The number of pyridine rings is 1. The predicted molar refractivity (Wildman–Crippen MR) is 88.7 cm³/mol. The van der Waals surface area contributed by atoms with Gasteiger partial charge in [-0.2, -0.15) is 0 Å². The molecular formula is C19H19N3. The molecule has 0 aliphatic heterocycles. The molecule has 3 nitrogen and oxygen atoms in total. The zero-order chi connectivity index (χ0) is 15.5. The third-order valence-electron chi connectivity index (χ3n) is 3.57. The fourth-order valence-electron chi connectivity index (χ4n) is 2.60. The summed E-state index contributed by atoms with van der Waals surface area (Å²) in [6.45, 7) is 6.02. The highest BCUT2D eigenvalue weighted by Gasteiger charge is 2.03. The molecule has 0 spiro atoms. The normalized spacial score (nSPS) is 10.7. The first kappa shape index (κ1) is 14.4. The molecule has 0 N–H and O–H groups in total. The van der Waals surface area contributed by atoms with Crippen LogP contribution in [0.1, 0.15) is 28.5 Å². The highest BCUT2D eigenvalue weighted by Crippen LogP contribution is 2.20. The second-order valence-electron chi connectivity index (χ2n) is 5.63. The third-order valence-corrected chi connectivity index (χ3v) is 3.57. The third kappa shape index (κ3) is 3.37. The molecule has 2 heterocycles. The second-order valence-corrected chi connectivity index (χ2v) is 5.63. The lowest BCUT2D eigenvalue weighted by Crippen LogP contribution is -2.00. The minimum absolute atomic E-state index is 0.762. The van der Waals surface area contributed by atoms with Gasteiger partial charge in [0.2, 0.25) is 0 Å². The van der Waals surface area contributed by atoms with Gasteiger partial charge in [0, 0.05) is 29.7 Å². The zero-order valence-corrected chi connectivity index (χ0v) is 13.2. The van der Waals surface area contributed by atoms with Crippen LogP contribution in [0.25, 0.3) is 11.1 Å². The molecule has 110 valence electrons. The first-order valence-corrected chi connectivity index (χ1v) is 7.43. The van der Waals surface area contributed by atoms with E-state index in [1.165, 1.54) is 16.7 Å². The molecule has 1 aromatic carbocycles. The Bertz CT molecular complexity index is 772. The van der Waals surface area contributed by atoms with Crippen LogP contribution >= 0.6 is 0 Å². The van der Waals surface area contributed by atoms with Crippen LogP contribution in [-0.2, 0) is 6.42 Å². The molecule has 0 saturated heterocycles. The molecule has 0 bridgehead atoms. The topological polar surface area (TPSA) is 38.7 Å². The zero-order valence-electron chi connectivity index (χ0n) is 13.2. The van der Waals surface area contributed by atoms with Crippen LogP contribution in [0, 0.1) is 20.8 Å². The molecule has 0 unspecified atom stereocenters. The lowest BCUT2D eigenvalue weighted by molar-refractivity contribution is 0.918. The van der Waals surface area contributed by atoms with Gasteiger partial charge < -0.3 is 0 Å². The van der Waals surface area contributed by atoms with Crippen molar-refractivity contribution in [3.05, 3.63) is 77.1 Å². The Balaban J connectivity index is 1.82. The lowest BCUT2D eigenvalue weighted by Gasteiger charge is -2.06. The van der Waals surface area contributed by atoms with Crippen molar-refractivity contribution in [2.24, 2.45) is 0 Å². The Labute approximate surface area is 131 Å². The second kappa shape index (κ2) is 6.06. The summed E-state index contributed by atoms with van der Waals surface area (Å²) in [6, 6.07) is 14.7. The van der Waals surface area contributed by atoms with Crippen LogP contribution < -0.4 is 0 Å². The Hall–Kier alpha value is -2.55. The van der Waals surface area contributed by atoms with E-state index >= 15 is 0 Å². The molecule has 3 heteroatoms. The van der Waals surface area contributed by atoms with Crippen LogP contribution in [-0.4, -0.2) is 15.0 Å². The van der Waals surface area contributed by atoms with Crippen molar-refractivity contribution in [2.75, 3.05) is 0 Å². The summed E-state index contributed by atoms with van der Waals surface area (Å²) in [6.07, 6.45) is 2.61. The molecule has 0 fully saturated rings. The summed E-state index contributed by atoms with van der Waals surface area (Å²) in [5, 5.41) is 0. The molecular weight excluding hydrogens is 270 g/mol. The maximum absolute atomic E-state index is 4.50. The largest absolute Gasteiger partial charge is 0.262 e. The highest BCUT2D eigenvalue weighted by atomic mass is 14.9. The van der Waals surface area contributed by atoms with Gasteiger partial charge in [-0.3, -0.25) is 4.98 Å². The van der Waals surface area contributed by atoms with Gasteiger partial charge in [0.25, 0.3) is 0 Å². The van der Waals surface area contributed by atoms with Crippen LogP contribution in [0.2, 0.25) is 0 Å². The number of benzene rings is 1. The standard InChI is InChI=1S/C19H19N3/c1-13-11-18(8-9-20-13)17-6-4-16(5-7-17)12-19-21-14(2)10-15(3)22-19/h4-11H,12H2,1-3H3. The smallest absolute Gasteiger partial charge is 0.133 e. The maximum Gasteiger partial charge on any atom is 0.133 e. The molecule has 0 radical (unpaired) electrons. The average molecular weight is 289 g/mol. The highest BCUT2D eigenvalue weighted by molar-refractivity contribution is 5.63. The van der Waals surface area contributed by atoms with E-state index in [4.69, 9.17) is 0 Å². The van der Waals surface area contributed by atoms with Crippen LogP contribution in [0.5, 0.6) is 0 Å². The summed E-state index contributed by atoms with van der Waals surface area (Å²) in [4.78, 5) is 13.2. The number of nitrogens with zero attached hydrogens (tertiary/aromatic N) is 3. The molecule has 3 aromatic rings.